The van der Waals surface area contributed by atoms with Gasteiger partial charge in [0.25, 0.3) is 0 Å². The summed E-state index contributed by atoms with van der Waals surface area (Å²) in [6.45, 7) is 3.83. The van der Waals surface area contributed by atoms with E-state index in [4.69, 9.17) is 4.74 Å². The Kier molecular flexibility index (Phi) is 3.22. The average Bonchev–Trinajstić information content (AvgIpc) is 2.36. The van der Waals surface area contributed by atoms with E-state index in [0.29, 0.717) is 6.61 Å². The molecule has 0 amide bonds. The first-order chi connectivity index (χ1) is 5.70. The maximum Gasteiger partial charge on any atom is 0.302 e. The highest BCUT2D eigenvalue weighted by Gasteiger charge is 2.01. The first-order valence-electron chi connectivity index (χ1n) is 3.72. The van der Waals surface area contributed by atoms with Crippen LogP contribution in [0, 0.1) is 6.92 Å². The average molecular weight is 187 g/mol. The standard InChI is InChI=1S/C8H11NO2S/c1-6-8(12-5-9-6)3-4-11-7(2)10/h5H,3-4H2,1-2H3/i5+2. The fraction of sp³-hybridized carbons (Fsp3) is 0.500. The van der Waals surface area contributed by atoms with Gasteiger partial charge in [-0.25, -0.2) is 4.98 Å². The molecule has 0 radical (unpaired) electrons. The minimum absolute atomic E-state index is 0.225. The van der Waals surface area contributed by atoms with Gasteiger partial charge in [0, 0.05) is 18.2 Å². The van der Waals surface area contributed by atoms with E-state index in [9.17, 15) is 4.79 Å². The molecule has 4 heteroatoms. The summed E-state index contributed by atoms with van der Waals surface area (Å²) in [6.07, 6.45) is 0.774. The van der Waals surface area contributed by atoms with Gasteiger partial charge in [0.2, 0.25) is 0 Å². The van der Waals surface area contributed by atoms with Crippen LogP contribution in [0.15, 0.2) is 5.51 Å². The summed E-state index contributed by atoms with van der Waals surface area (Å²) in [5.74, 6) is -0.225. The van der Waals surface area contributed by atoms with E-state index in [1.807, 2.05) is 6.92 Å². The Labute approximate surface area is 75.4 Å². The van der Waals surface area contributed by atoms with Gasteiger partial charge in [-0.1, -0.05) is 0 Å². The smallest absolute Gasteiger partial charge is 0.302 e. The second-order valence-corrected chi connectivity index (χ2v) is 3.39. The number of carbonyl (C=O) groups excluding carboxylic acids is 1. The normalized spacial score (nSPS) is 9.83. The van der Waals surface area contributed by atoms with Crippen molar-refractivity contribution in [2.45, 2.75) is 20.3 Å². The zero-order chi connectivity index (χ0) is 8.97. The van der Waals surface area contributed by atoms with E-state index < -0.39 is 0 Å². The topological polar surface area (TPSA) is 39.2 Å². The van der Waals surface area contributed by atoms with Crippen molar-refractivity contribution in [2.75, 3.05) is 6.61 Å². The molecule has 0 aliphatic rings. The fourth-order valence-electron chi connectivity index (χ4n) is 0.854. The molecule has 1 aromatic heterocycles. The van der Waals surface area contributed by atoms with Crippen LogP contribution in [0.1, 0.15) is 17.5 Å². The number of carbonyl (C=O) groups is 1. The second kappa shape index (κ2) is 4.21. The van der Waals surface area contributed by atoms with Crippen LogP contribution in [-0.2, 0) is 16.0 Å². The third kappa shape index (κ3) is 2.62. The van der Waals surface area contributed by atoms with Gasteiger partial charge in [-0.3, -0.25) is 4.79 Å². The Bertz CT molecular complexity index is 270. The Balaban J connectivity index is 2.33. The molecule has 1 heterocycles. The molecule has 1 rings (SSSR count). The molecule has 12 heavy (non-hydrogen) atoms. The summed E-state index contributed by atoms with van der Waals surface area (Å²) in [6, 6.07) is 0. The van der Waals surface area contributed by atoms with Gasteiger partial charge in [-0.15, -0.1) is 11.3 Å². The van der Waals surface area contributed by atoms with Crippen LogP contribution in [-0.4, -0.2) is 17.6 Å². The quantitative estimate of drug-likeness (QED) is 0.674. The summed E-state index contributed by atoms with van der Waals surface area (Å²) in [4.78, 5) is 15.7. The first kappa shape index (κ1) is 9.19. The van der Waals surface area contributed by atoms with Crippen molar-refractivity contribution < 1.29 is 9.53 Å². The number of esters is 1. The summed E-state index contributed by atoms with van der Waals surface area (Å²) >= 11 is 1.60. The molecule has 0 fully saturated rings. The molecular weight excluding hydrogens is 176 g/mol. The predicted molar refractivity (Wildman–Crippen MR) is 47.2 cm³/mol. The van der Waals surface area contributed by atoms with Crippen molar-refractivity contribution in [2.24, 2.45) is 0 Å². The lowest BCUT2D eigenvalue weighted by Gasteiger charge is -1.99. The van der Waals surface area contributed by atoms with Gasteiger partial charge in [0.1, 0.15) is 0 Å². The molecule has 0 aromatic carbocycles. The van der Waals surface area contributed by atoms with Crippen molar-refractivity contribution in [3.8, 4) is 0 Å². The van der Waals surface area contributed by atoms with Crippen LogP contribution in [0.5, 0.6) is 0 Å². The highest BCUT2D eigenvalue weighted by Crippen LogP contribution is 2.12. The highest BCUT2D eigenvalue weighted by atomic mass is 32.1. The number of ether oxygens (including phenoxy) is 1. The van der Waals surface area contributed by atoms with E-state index in [-0.39, 0.29) is 5.97 Å². The molecule has 0 bridgehead atoms. The Morgan fingerprint density at radius 2 is 2.50 bits per heavy atom. The lowest BCUT2D eigenvalue weighted by molar-refractivity contribution is -0.140. The number of thiazole rings is 1. The van der Waals surface area contributed by atoms with Gasteiger partial charge < -0.3 is 4.74 Å². The van der Waals surface area contributed by atoms with Gasteiger partial charge in [0.15, 0.2) is 0 Å². The number of aryl methyl sites for hydroxylation is 1. The van der Waals surface area contributed by atoms with Crippen LogP contribution in [0.4, 0.5) is 0 Å². The number of aromatic nitrogens is 1. The number of nitrogens with zero attached hydrogens (tertiary/aromatic N) is 1. The molecule has 3 nitrogen and oxygen atoms in total. The van der Waals surface area contributed by atoms with Crippen LogP contribution in [0.3, 0.4) is 0 Å². The van der Waals surface area contributed by atoms with Crippen molar-refractivity contribution in [1.29, 1.82) is 0 Å². The maximum absolute atomic E-state index is 10.4. The summed E-state index contributed by atoms with van der Waals surface area (Å²) in [5, 5.41) is 0. The predicted octanol–water partition coefficient (Wildman–Crippen LogP) is 1.56. The van der Waals surface area contributed by atoms with E-state index >= 15 is 0 Å². The minimum atomic E-state index is -0.225. The minimum Gasteiger partial charge on any atom is -0.465 e. The molecule has 1 aromatic rings. The van der Waals surface area contributed by atoms with Crippen LogP contribution in [0.25, 0.3) is 0 Å². The van der Waals surface area contributed by atoms with E-state index in [2.05, 4.69) is 4.98 Å². The Morgan fingerprint density at radius 3 is 3.00 bits per heavy atom. The zero-order valence-corrected chi connectivity index (χ0v) is 7.98. The maximum atomic E-state index is 10.4. The molecular formula is C8H11NO2S. The number of rotatable bonds is 3. The molecule has 66 valence electrons. The summed E-state index contributed by atoms with van der Waals surface area (Å²) in [7, 11) is 0. The van der Waals surface area contributed by atoms with Gasteiger partial charge in [0.05, 0.1) is 17.8 Å². The largest absolute Gasteiger partial charge is 0.465 e. The van der Waals surface area contributed by atoms with Crippen molar-refractivity contribution in [1.82, 2.24) is 4.98 Å². The third-order valence-corrected chi connectivity index (χ3v) is 2.47. The molecule has 0 unspecified atom stereocenters. The first-order valence-corrected chi connectivity index (χ1v) is 4.60. The third-order valence-electron chi connectivity index (χ3n) is 1.48. The van der Waals surface area contributed by atoms with Crippen LogP contribution >= 0.6 is 11.3 Å². The molecule has 0 aliphatic carbocycles. The molecule has 0 aliphatic heterocycles. The van der Waals surface area contributed by atoms with Crippen LogP contribution in [0.2, 0.25) is 0 Å². The second-order valence-electron chi connectivity index (χ2n) is 2.45. The van der Waals surface area contributed by atoms with Crippen molar-refractivity contribution in [3.05, 3.63) is 16.1 Å². The van der Waals surface area contributed by atoms with Gasteiger partial charge in [-0.2, -0.15) is 0 Å². The van der Waals surface area contributed by atoms with Crippen LogP contribution < -0.4 is 0 Å². The van der Waals surface area contributed by atoms with E-state index in [1.165, 1.54) is 11.8 Å². The highest BCUT2D eigenvalue weighted by molar-refractivity contribution is 7.09. The lowest BCUT2D eigenvalue weighted by Crippen LogP contribution is -2.02. The molecule has 0 saturated heterocycles. The summed E-state index contributed by atoms with van der Waals surface area (Å²) < 4.78 is 4.81. The van der Waals surface area contributed by atoms with E-state index in [0.717, 1.165) is 12.1 Å². The molecule has 0 atom stereocenters. The van der Waals surface area contributed by atoms with Crippen molar-refractivity contribution in [3.63, 3.8) is 0 Å². The monoisotopic (exact) mass is 187 g/mol. The number of hydrogen-bond acceptors (Lipinski definition) is 4. The molecule has 0 spiro atoms. The fourth-order valence-corrected chi connectivity index (χ4v) is 1.62. The molecule has 0 saturated carbocycles. The summed E-state index contributed by atoms with van der Waals surface area (Å²) in [5.41, 5.74) is 2.84. The van der Waals surface area contributed by atoms with Gasteiger partial charge >= 0.3 is 5.97 Å². The van der Waals surface area contributed by atoms with Crippen molar-refractivity contribution >= 4 is 17.3 Å². The SMILES string of the molecule is CC(=O)OCCc1s[14cH]nc1C. The lowest BCUT2D eigenvalue weighted by atomic mass is 10.3. The molecule has 0 N–H and O–H groups in total. The van der Waals surface area contributed by atoms with E-state index in [1.54, 1.807) is 16.8 Å². The Hall–Kier alpha value is -0.900. The van der Waals surface area contributed by atoms with Gasteiger partial charge in [-0.05, 0) is 6.92 Å². The number of hydrogen-bond donors (Lipinski definition) is 0. The Morgan fingerprint density at radius 1 is 1.75 bits per heavy atom. The zero-order valence-electron chi connectivity index (χ0n) is 7.16.